The maximum atomic E-state index is 11.7. The molecule has 0 N–H and O–H groups in total. The maximum absolute atomic E-state index is 11.7. The lowest BCUT2D eigenvalue weighted by Gasteiger charge is -2.31. The Bertz CT molecular complexity index is 596. The van der Waals surface area contributed by atoms with Crippen molar-refractivity contribution in [1.82, 2.24) is 4.90 Å². The van der Waals surface area contributed by atoms with Gasteiger partial charge in [0, 0.05) is 6.54 Å². The number of piperidine rings is 1. The van der Waals surface area contributed by atoms with Crippen molar-refractivity contribution in [3.63, 3.8) is 0 Å². The number of aryl methyl sites for hydroxylation is 3. The molecule has 1 aromatic rings. The number of rotatable bonds is 5. The topological polar surface area (TPSA) is 46.6 Å². The number of benzene rings is 1. The van der Waals surface area contributed by atoms with Gasteiger partial charge in [0.2, 0.25) is 0 Å². The molecule has 1 aliphatic rings. The number of hydrogen-bond acceptors (Lipinski definition) is 4. The van der Waals surface area contributed by atoms with Gasteiger partial charge >= 0.3 is 0 Å². The molecular formula is C17H27NO3S. The highest BCUT2D eigenvalue weighted by molar-refractivity contribution is 7.86. The summed E-state index contributed by atoms with van der Waals surface area (Å²) in [5.74, 6) is 0. The van der Waals surface area contributed by atoms with Crippen LogP contribution in [0, 0.1) is 20.8 Å². The van der Waals surface area contributed by atoms with Crippen LogP contribution >= 0.6 is 0 Å². The number of nitrogens with zero attached hydrogens (tertiary/aromatic N) is 1. The maximum Gasteiger partial charge on any atom is 0.265 e. The van der Waals surface area contributed by atoms with E-state index in [1.54, 1.807) is 0 Å². The standard InChI is InChI=1S/C17H27NO3S/c1-13-10-14(2)17(15(3)11-13)16(21-22(4,19)20)12-18-8-6-5-7-9-18/h10-11,16H,5-9,12H2,1-4H3/t16-/m0/s1. The van der Waals surface area contributed by atoms with Gasteiger partial charge in [-0.15, -0.1) is 0 Å². The van der Waals surface area contributed by atoms with E-state index in [-0.39, 0.29) is 0 Å². The summed E-state index contributed by atoms with van der Waals surface area (Å²) in [7, 11) is -3.49. The zero-order chi connectivity index (χ0) is 16.3. The third kappa shape index (κ3) is 4.80. The van der Waals surface area contributed by atoms with Crippen molar-refractivity contribution in [3.05, 3.63) is 34.4 Å². The van der Waals surface area contributed by atoms with E-state index in [2.05, 4.69) is 24.0 Å². The summed E-state index contributed by atoms with van der Waals surface area (Å²) in [4.78, 5) is 2.32. The fourth-order valence-corrected chi connectivity index (χ4v) is 4.04. The van der Waals surface area contributed by atoms with Crippen molar-refractivity contribution < 1.29 is 12.6 Å². The van der Waals surface area contributed by atoms with Gasteiger partial charge in [0.05, 0.1) is 6.26 Å². The summed E-state index contributed by atoms with van der Waals surface area (Å²) in [6.45, 7) is 8.80. The lowest BCUT2D eigenvalue weighted by Crippen LogP contribution is -2.35. The second kappa shape index (κ2) is 7.11. The van der Waals surface area contributed by atoms with Crippen LogP contribution in [0.25, 0.3) is 0 Å². The van der Waals surface area contributed by atoms with Crippen LogP contribution in [0.1, 0.15) is 47.6 Å². The van der Waals surface area contributed by atoms with Gasteiger partial charge in [-0.25, -0.2) is 0 Å². The van der Waals surface area contributed by atoms with Crippen LogP contribution in [0.2, 0.25) is 0 Å². The molecule has 124 valence electrons. The summed E-state index contributed by atoms with van der Waals surface area (Å²) in [6, 6.07) is 4.19. The van der Waals surface area contributed by atoms with Crippen LogP contribution < -0.4 is 0 Å². The van der Waals surface area contributed by atoms with Crippen molar-refractivity contribution in [3.8, 4) is 0 Å². The van der Waals surface area contributed by atoms with Crippen LogP contribution in [0.3, 0.4) is 0 Å². The molecule has 0 saturated carbocycles. The largest absolute Gasteiger partial charge is 0.300 e. The Hall–Kier alpha value is -0.910. The second-order valence-corrected chi connectivity index (χ2v) is 8.06. The van der Waals surface area contributed by atoms with Crippen LogP contribution in [0.5, 0.6) is 0 Å². The molecule has 4 nitrogen and oxygen atoms in total. The first-order chi connectivity index (χ1) is 10.3. The number of likely N-dealkylation sites (tertiary alicyclic amines) is 1. The molecule has 2 rings (SSSR count). The molecular weight excluding hydrogens is 298 g/mol. The highest BCUT2D eigenvalue weighted by Crippen LogP contribution is 2.29. The molecule has 0 radical (unpaired) electrons. The molecule has 22 heavy (non-hydrogen) atoms. The van der Waals surface area contributed by atoms with Gasteiger partial charge in [-0.2, -0.15) is 8.42 Å². The first-order valence-corrected chi connectivity index (χ1v) is 9.76. The van der Waals surface area contributed by atoms with Gasteiger partial charge in [-0.1, -0.05) is 24.1 Å². The summed E-state index contributed by atoms with van der Waals surface area (Å²) < 4.78 is 28.9. The first kappa shape index (κ1) is 17.4. The van der Waals surface area contributed by atoms with Crippen LogP contribution in [0.15, 0.2) is 12.1 Å². The second-order valence-electron chi connectivity index (χ2n) is 6.46. The predicted octanol–water partition coefficient (Wildman–Crippen LogP) is 3.12. The number of hydrogen-bond donors (Lipinski definition) is 0. The summed E-state index contributed by atoms with van der Waals surface area (Å²) in [6.07, 6.45) is 4.33. The summed E-state index contributed by atoms with van der Waals surface area (Å²) in [5, 5.41) is 0. The van der Waals surface area contributed by atoms with Gasteiger partial charge in [0.15, 0.2) is 0 Å². The molecule has 1 aliphatic heterocycles. The SMILES string of the molecule is Cc1cc(C)c([C@H](CN2CCCCC2)OS(C)(=O)=O)c(C)c1. The lowest BCUT2D eigenvalue weighted by molar-refractivity contribution is 0.124. The van der Waals surface area contributed by atoms with E-state index >= 15 is 0 Å². The van der Waals surface area contributed by atoms with Crippen LogP contribution in [0.4, 0.5) is 0 Å². The van der Waals surface area contributed by atoms with E-state index in [0.29, 0.717) is 6.54 Å². The zero-order valence-electron chi connectivity index (χ0n) is 14.1. The van der Waals surface area contributed by atoms with E-state index in [1.807, 2.05) is 13.8 Å². The fourth-order valence-electron chi connectivity index (χ4n) is 3.46. The molecule has 0 spiro atoms. The van der Waals surface area contributed by atoms with Gasteiger partial charge in [0.25, 0.3) is 10.1 Å². The molecule has 1 fully saturated rings. The zero-order valence-corrected chi connectivity index (χ0v) is 14.9. The minimum Gasteiger partial charge on any atom is -0.300 e. The van der Waals surface area contributed by atoms with Crippen molar-refractivity contribution in [2.45, 2.75) is 46.1 Å². The highest BCUT2D eigenvalue weighted by Gasteiger charge is 2.25. The Morgan fingerprint density at radius 1 is 1.09 bits per heavy atom. The molecule has 1 aromatic carbocycles. The fraction of sp³-hybridized carbons (Fsp3) is 0.647. The van der Waals surface area contributed by atoms with Gasteiger partial charge < -0.3 is 4.90 Å². The van der Waals surface area contributed by atoms with E-state index in [0.717, 1.165) is 36.0 Å². The quantitative estimate of drug-likeness (QED) is 0.780. The summed E-state index contributed by atoms with van der Waals surface area (Å²) in [5.41, 5.74) is 4.41. The highest BCUT2D eigenvalue weighted by atomic mass is 32.2. The monoisotopic (exact) mass is 325 g/mol. The normalized spacial score (nSPS) is 18.4. The predicted molar refractivity (Wildman–Crippen MR) is 89.6 cm³/mol. The summed E-state index contributed by atoms with van der Waals surface area (Å²) >= 11 is 0. The van der Waals surface area contributed by atoms with E-state index in [1.165, 1.54) is 24.8 Å². The molecule has 0 aromatic heterocycles. The van der Waals surface area contributed by atoms with Crippen molar-refractivity contribution >= 4 is 10.1 Å². The Labute approximate surface area is 134 Å². The average molecular weight is 325 g/mol. The minimum absolute atomic E-state index is 0.423. The van der Waals surface area contributed by atoms with Gasteiger partial charge in [-0.05, 0) is 63.4 Å². The molecule has 1 saturated heterocycles. The Kier molecular flexibility index (Phi) is 5.64. The molecule has 0 unspecified atom stereocenters. The Morgan fingerprint density at radius 2 is 1.64 bits per heavy atom. The Morgan fingerprint density at radius 3 is 2.14 bits per heavy atom. The third-order valence-corrected chi connectivity index (χ3v) is 4.81. The van der Waals surface area contributed by atoms with Gasteiger partial charge in [-0.3, -0.25) is 4.18 Å². The molecule has 0 aliphatic carbocycles. The molecule has 1 heterocycles. The molecule has 5 heteroatoms. The molecule has 0 amide bonds. The van der Waals surface area contributed by atoms with Gasteiger partial charge in [0.1, 0.15) is 6.10 Å². The van der Waals surface area contributed by atoms with E-state index < -0.39 is 16.2 Å². The van der Waals surface area contributed by atoms with Crippen LogP contribution in [-0.4, -0.2) is 39.2 Å². The lowest BCUT2D eigenvalue weighted by atomic mass is 9.95. The van der Waals surface area contributed by atoms with Crippen molar-refractivity contribution in [1.29, 1.82) is 0 Å². The smallest absolute Gasteiger partial charge is 0.265 e. The molecule has 0 bridgehead atoms. The minimum atomic E-state index is -3.49. The van der Waals surface area contributed by atoms with Crippen molar-refractivity contribution in [2.24, 2.45) is 0 Å². The van der Waals surface area contributed by atoms with E-state index in [4.69, 9.17) is 4.18 Å². The van der Waals surface area contributed by atoms with Crippen molar-refractivity contribution in [2.75, 3.05) is 25.9 Å². The average Bonchev–Trinajstić information content (AvgIpc) is 2.36. The van der Waals surface area contributed by atoms with E-state index in [9.17, 15) is 8.42 Å². The first-order valence-electron chi connectivity index (χ1n) is 7.94. The van der Waals surface area contributed by atoms with Crippen LogP contribution in [-0.2, 0) is 14.3 Å². The third-order valence-electron chi connectivity index (χ3n) is 4.22. The molecule has 1 atom stereocenters. The Balaban J connectivity index is 2.31.